The standard InChI is InChI=1S/C20H43ClSi/c1-4-7-10-13-14-17-20-22(21,18-15-11-8-5-2)19-16-12-9-6-3/h4-20H2,1-3H3. The summed E-state index contributed by atoms with van der Waals surface area (Å²) in [5.41, 5.74) is 0. The van der Waals surface area contributed by atoms with Crippen molar-refractivity contribution >= 4 is 18.5 Å². The molecular formula is C20H43ClSi. The molecule has 0 saturated heterocycles. The van der Waals surface area contributed by atoms with Gasteiger partial charge in [0, 0.05) is 0 Å². The summed E-state index contributed by atoms with van der Waals surface area (Å²) in [4.78, 5) is 0. The molecule has 0 heterocycles. The van der Waals surface area contributed by atoms with E-state index in [1.807, 2.05) is 0 Å². The summed E-state index contributed by atoms with van der Waals surface area (Å²) < 4.78 is 0. The molecule has 0 radical (unpaired) electrons. The zero-order valence-electron chi connectivity index (χ0n) is 15.9. The number of rotatable bonds is 17. The lowest BCUT2D eigenvalue weighted by molar-refractivity contribution is 0.620. The van der Waals surface area contributed by atoms with Crippen LogP contribution in [0.25, 0.3) is 0 Å². The van der Waals surface area contributed by atoms with Gasteiger partial charge in [-0.2, -0.15) is 11.1 Å². The maximum Gasteiger partial charge on any atom is 0.156 e. The Balaban J connectivity index is 3.96. The Labute approximate surface area is 147 Å². The van der Waals surface area contributed by atoms with Crippen molar-refractivity contribution < 1.29 is 0 Å². The minimum absolute atomic E-state index is 1.34. The number of hydrogen-bond donors (Lipinski definition) is 0. The molecule has 0 amide bonds. The second kappa shape index (κ2) is 16.4. The van der Waals surface area contributed by atoms with Gasteiger partial charge in [-0.15, -0.1) is 0 Å². The molecule has 2 heteroatoms. The first kappa shape index (κ1) is 22.5. The van der Waals surface area contributed by atoms with Crippen LogP contribution in [0.4, 0.5) is 0 Å². The Hall–Kier alpha value is 0.507. The number of hydrogen-bond acceptors (Lipinski definition) is 0. The Morgan fingerprint density at radius 3 is 1.09 bits per heavy atom. The molecule has 0 aromatic carbocycles. The minimum Gasteiger partial charge on any atom is -0.167 e. The smallest absolute Gasteiger partial charge is 0.156 e. The van der Waals surface area contributed by atoms with Gasteiger partial charge in [-0.3, -0.25) is 0 Å². The summed E-state index contributed by atoms with van der Waals surface area (Å²) in [5.74, 6) is 0. The molecule has 0 saturated carbocycles. The topological polar surface area (TPSA) is 0 Å². The van der Waals surface area contributed by atoms with Gasteiger partial charge >= 0.3 is 0 Å². The lowest BCUT2D eigenvalue weighted by Gasteiger charge is -2.25. The maximum absolute atomic E-state index is 7.18. The van der Waals surface area contributed by atoms with Crippen molar-refractivity contribution in [2.24, 2.45) is 0 Å². The molecule has 0 N–H and O–H groups in total. The van der Waals surface area contributed by atoms with E-state index in [1.165, 1.54) is 108 Å². The zero-order chi connectivity index (χ0) is 16.5. The third-order valence-corrected chi connectivity index (χ3v) is 10.4. The predicted molar refractivity (Wildman–Crippen MR) is 108 cm³/mol. The molecule has 0 spiro atoms. The highest BCUT2D eigenvalue weighted by Gasteiger charge is 2.28. The molecule has 0 aliphatic heterocycles. The molecule has 134 valence electrons. The second-order valence-electron chi connectivity index (χ2n) is 7.29. The number of halogens is 1. The lowest BCUT2D eigenvalue weighted by Crippen LogP contribution is -2.26. The highest BCUT2D eigenvalue weighted by Crippen LogP contribution is 2.33. The first-order valence-corrected chi connectivity index (χ1v) is 14.0. The van der Waals surface area contributed by atoms with Gasteiger partial charge in [0.05, 0.1) is 0 Å². The van der Waals surface area contributed by atoms with E-state index in [0.29, 0.717) is 0 Å². The van der Waals surface area contributed by atoms with Crippen LogP contribution in [0.15, 0.2) is 0 Å². The van der Waals surface area contributed by atoms with Crippen LogP contribution >= 0.6 is 11.1 Å². The maximum atomic E-state index is 7.18. The summed E-state index contributed by atoms with van der Waals surface area (Å²) in [5, 5.41) is 0. The molecule has 0 fully saturated rings. The zero-order valence-corrected chi connectivity index (χ0v) is 17.7. The largest absolute Gasteiger partial charge is 0.167 e. The molecule has 0 aromatic heterocycles. The average molecular weight is 347 g/mol. The van der Waals surface area contributed by atoms with Crippen molar-refractivity contribution in [3.05, 3.63) is 0 Å². The van der Waals surface area contributed by atoms with Crippen LogP contribution in [0.2, 0.25) is 18.1 Å². The van der Waals surface area contributed by atoms with Gasteiger partial charge in [0.15, 0.2) is 7.38 Å². The second-order valence-corrected chi connectivity index (χ2v) is 13.5. The summed E-state index contributed by atoms with van der Waals surface area (Å²) in [6.07, 6.45) is 19.5. The molecule has 0 bridgehead atoms. The van der Waals surface area contributed by atoms with Crippen molar-refractivity contribution in [3.63, 3.8) is 0 Å². The molecule has 0 rings (SSSR count). The van der Waals surface area contributed by atoms with Crippen LogP contribution in [0.5, 0.6) is 0 Å². The molecule has 0 unspecified atom stereocenters. The molecular weight excluding hydrogens is 304 g/mol. The Morgan fingerprint density at radius 2 is 0.727 bits per heavy atom. The van der Waals surface area contributed by atoms with Crippen LogP contribution in [0, 0.1) is 0 Å². The van der Waals surface area contributed by atoms with E-state index in [-0.39, 0.29) is 0 Å². The highest BCUT2D eigenvalue weighted by atomic mass is 35.6. The first-order valence-electron chi connectivity index (χ1n) is 10.4. The van der Waals surface area contributed by atoms with Crippen molar-refractivity contribution in [2.75, 3.05) is 0 Å². The summed E-state index contributed by atoms with van der Waals surface area (Å²) in [6.45, 7) is 6.89. The third kappa shape index (κ3) is 14.1. The molecule has 22 heavy (non-hydrogen) atoms. The van der Waals surface area contributed by atoms with Gasteiger partial charge in [-0.1, -0.05) is 111 Å². The summed E-state index contributed by atoms with van der Waals surface area (Å²) >= 11 is 7.18. The fraction of sp³-hybridized carbons (Fsp3) is 1.00. The van der Waals surface area contributed by atoms with Crippen molar-refractivity contribution in [3.8, 4) is 0 Å². The van der Waals surface area contributed by atoms with E-state index in [4.69, 9.17) is 11.1 Å². The van der Waals surface area contributed by atoms with E-state index in [0.717, 1.165) is 0 Å². The number of unbranched alkanes of at least 4 members (excludes halogenated alkanes) is 11. The van der Waals surface area contributed by atoms with Crippen LogP contribution < -0.4 is 0 Å². The van der Waals surface area contributed by atoms with Crippen LogP contribution in [-0.2, 0) is 0 Å². The monoisotopic (exact) mass is 346 g/mol. The van der Waals surface area contributed by atoms with Crippen LogP contribution in [0.3, 0.4) is 0 Å². The van der Waals surface area contributed by atoms with Crippen molar-refractivity contribution in [1.29, 1.82) is 0 Å². The Kier molecular flexibility index (Phi) is 16.7. The average Bonchev–Trinajstić information content (AvgIpc) is 2.52. The highest BCUT2D eigenvalue weighted by molar-refractivity contribution is 7.20. The lowest BCUT2D eigenvalue weighted by atomic mass is 10.1. The molecule has 0 nitrogen and oxygen atoms in total. The van der Waals surface area contributed by atoms with Crippen LogP contribution in [-0.4, -0.2) is 7.38 Å². The fourth-order valence-electron chi connectivity index (χ4n) is 3.33. The normalized spacial score (nSPS) is 12.0. The first-order chi connectivity index (χ1) is 10.7. The molecule has 0 aromatic rings. The fourth-order valence-corrected chi connectivity index (χ4v) is 7.94. The predicted octanol–water partition coefficient (Wildman–Crippen LogP) is 8.69. The molecule has 0 atom stereocenters. The van der Waals surface area contributed by atoms with Crippen LogP contribution in [0.1, 0.15) is 111 Å². The van der Waals surface area contributed by atoms with Gasteiger partial charge in [-0.25, -0.2) is 0 Å². The summed E-state index contributed by atoms with van der Waals surface area (Å²) in [6, 6.07) is 4.16. The van der Waals surface area contributed by atoms with E-state index in [2.05, 4.69) is 20.8 Å². The minimum atomic E-state index is -1.45. The van der Waals surface area contributed by atoms with Gasteiger partial charge in [0.25, 0.3) is 0 Å². The van der Waals surface area contributed by atoms with Gasteiger partial charge in [0.2, 0.25) is 0 Å². The van der Waals surface area contributed by atoms with E-state index >= 15 is 0 Å². The van der Waals surface area contributed by atoms with Crippen molar-refractivity contribution in [2.45, 2.75) is 129 Å². The van der Waals surface area contributed by atoms with Gasteiger partial charge in [-0.05, 0) is 18.1 Å². The van der Waals surface area contributed by atoms with E-state index < -0.39 is 7.38 Å². The third-order valence-electron chi connectivity index (χ3n) is 4.94. The molecule has 0 aliphatic rings. The van der Waals surface area contributed by atoms with Gasteiger partial charge in [0.1, 0.15) is 0 Å². The summed E-state index contributed by atoms with van der Waals surface area (Å²) in [7, 11) is -1.45. The van der Waals surface area contributed by atoms with E-state index in [9.17, 15) is 0 Å². The van der Waals surface area contributed by atoms with E-state index in [1.54, 1.807) is 0 Å². The molecule has 0 aliphatic carbocycles. The Morgan fingerprint density at radius 1 is 0.455 bits per heavy atom. The van der Waals surface area contributed by atoms with Gasteiger partial charge < -0.3 is 0 Å². The Bertz CT molecular complexity index is 206. The van der Waals surface area contributed by atoms with Crippen molar-refractivity contribution in [1.82, 2.24) is 0 Å². The SMILES string of the molecule is CCCCCCCC[Si](Cl)(CCCCCC)CCCCCC. The quantitative estimate of drug-likeness (QED) is 0.140.